The molecule has 0 aromatic rings. The maximum atomic E-state index is 12.8. The summed E-state index contributed by atoms with van der Waals surface area (Å²) < 4.78 is 53.4. The molecule has 0 amide bonds. The summed E-state index contributed by atoms with van der Waals surface area (Å²) in [6.45, 7) is 0. The van der Waals surface area contributed by atoms with Crippen LogP contribution in [0.1, 0.15) is 0 Å². The molecular formula is C6H7F4N3O. The Morgan fingerprint density at radius 3 is 2.50 bits per heavy atom. The van der Waals surface area contributed by atoms with Crippen molar-refractivity contribution < 1.29 is 22.3 Å². The Labute approximate surface area is 76.4 Å². The molecule has 3 N–H and O–H groups in total. The van der Waals surface area contributed by atoms with Crippen LogP contribution in [0.15, 0.2) is 16.5 Å². The molecule has 1 rings (SSSR count). The smallest absolute Gasteiger partial charge is 0.328 e. The van der Waals surface area contributed by atoms with Gasteiger partial charge in [0.2, 0.25) is 5.95 Å². The molecule has 0 radical (unpaired) electrons. The van der Waals surface area contributed by atoms with Gasteiger partial charge in [-0.1, -0.05) is 0 Å². The van der Waals surface area contributed by atoms with E-state index in [1.807, 2.05) is 0 Å². The number of nitrogens with one attached hydrogen (secondary N) is 1. The van der Waals surface area contributed by atoms with E-state index in [1.165, 1.54) is 0 Å². The molecular weight excluding hydrogens is 206 g/mol. The van der Waals surface area contributed by atoms with Crippen LogP contribution < -0.4 is 11.1 Å². The lowest BCUT2D eigenvalue weighted by atomic mass is 10.2. The van der Waals surface area contributed by atoms with Gasteiger partial charge in [0.05, 0.1) is 0 Å². The molecule has 8 heteroatoms. The van der Waals surface area contributed by atoms with Crippen molar-refractivity contribution in [3.05, 3.63) is 11.5 Å². The Balaban J connectivity index is 2.96. The molecule has 14 heavy (non-hydrogen) atoms. The molecule has 0 bridgehead atoms. The average molecular weight is 213 g/mol. The highest BCUT2D eigenvalue weighted by Gasteiger charge is 2.41. The summed E-state index contributed by atoms with van der Waals surface area (Å²) in [7, 11) is 1.08. The second kappa shape index (κ2) is 3.21. The van der Waals surface area contributed by atoms with E-state index in [0.717, 1.165) is 7.11 Å². The number of hydrogen-bond donors (Lipinski definition) is 2. The fourth-order valence-electron chi connectivity index (χ4n) is 0.775. The van der Waals surface area contributed by atoms with Crippen LogP contribution >= 0.6 is 0 Å². The van der Waals surface area contributed by atoms with Crippen LogP contribution in [0.3, 0.4) is 0 Å². The molecule has 1 atom stereocenters. The van der Waals surface area contributed by atoms with E-state index in [0.29, 0.717) is 0 Å². The second-order valence-electron chi connectivity index (χ2n) is 2.51. The molecule has 0 spiro atoms. The predicted octanol–water partition coefficient (Wildman–Crippen LogP) is 0.620. The number of ether oxygens (including phenoxy) is 1. The number of aliphatic imine (C=N–C) groups is 1. The second-order valence-corrected chi connectivity index (χ2v) is 2.51. The van der Waals surface area contributed by atoms with Crippen LogP contribution in [-0.2, 0) is 4.74 Å². The zero-order valence-corrected chi connectivity index (χ0v) is 7.02. The van der Waals surface area contributed by atoms with Crippen LogP contribution in [0.4, 0.5) is 17.6 Å². The van der Waals surface area contributed by atoms with Gasteiger partial charge in [0, 0.05) is 13.3 Å². The van der Waals surface area contributed by atoms with Crippen LogP contribution in [-0.4, -0.2) is 25.5 Å². The van der Waals surface area contributed by atoms with Crippen LogP contribution in [0.5, 0.6) is 0 Å². The molecule has 4 nitrogen and oxygen atoms in total. The van der Waals surface area contributed by atoms with Gasteiger partial charge in [-0.3, -0.25) is 5.73 Å². The summed E-state index contributed by atoms with van der Waals surface area (Å²) in [4.78, 5) is 3.18. The Kier molecular flexibility index (Phi) is 2.50. The Hall–Kier alpha value is -1.15. The molecule has 1 heterocycles. The van der Waals surface area contributed by atoms with Crippen molar-refractivity contribution in [1.82, 2.24) is 5.32 Å². The maximum Gasteiger partial charge on any atom is 0.422 e. The quantitative estimate of drug-likeness (QED) is 0.381. The highest BCUT2D eigenvalue weighted by molar-refractivity contribution is 5.82. The Morgan fingerprint density at radius 1 is 1.57 bits per heavy atom. The van der Waals surface area contributed by atoms with Gasteiger partial charge in [-0.05, 0) is 0 Å². The van der Waals surface area contributed by atoms with Crippen molar-refractivity contribution in [3.8, 4) is 0 Å². The van der Waals surface area contributed by atoms with E-state index >= 15 is 0 Å². The monoisotopic (exact) mass is 213 g/mol. The topological polar surface area (TPSA) is 59.6 Å². The molecule has 0 saturated heterocycles. The lowest BCUT2D eigenvalue weighted by Gasteiger charge is -2.28. The molecule has 80 valence electrons. The van der Waals surface area contributed by atoms with Gasteiger partial charge in [-0.25, -0.2) is 4.99 Å². The van der Waals surface area contributed by atoms with Gasteiger partial charge in [0.25, 0.3) is 5.97 Å². The van der Waals surface area contributed by atoms with Gasteiger partial charge in [0.1, 0.15) is 5.57 Å². The molecule has 0 fully saturated rings. The highest BCUT2D eigenvalue weighted by atomic mass is 19.4. The predicted molar refractivity (Wildman–Crippen MR) is 39.7 cm³/mol. The Bertz CT molecular complexity index is 298. The van der Waals surface area contributed by atoms with Gasteiger partial charge in [0.15, 0.2) is 0 Å². The van der Waals surface area contributed by atoms with Gasteiger partial charge in [-0.15, -0.1) is 0 Å². The third-order valence-electron chi connectivity index (χ3n) is 1.53. The molecule has 0 aliphatic carbocycles. The van der Waals surface area contributed by atoms with Crippen LogP contribution in [0.25, 0.3) is 0 Å². The number of nitrogens with zero attached hydrogens (tertiary/aromatic N) is 1. The van der Waals surface area contributed by atoms with Crippen molar-refractivity contribution in [2.75, 3.05) is 7.11 Å². The number of allylic oxidation sites excluding steroid dienone is 1. The van der Waals surface area contributed by atoms with E-state index in [2.05, 4.69) is 9.73 Å². The largest absolute Gasteiger partial charge is 0.422 e. The highest BCUT2D eigenvalue weighted by Crippen LogP contribution is 2.29. The minimum absolute atomic E-state index is 0.287. The number of nitrogens with two attached hydrogens (primary N) is 1. The summed E-state index contributed by atoms with van der Waals surface area (Å²) in [5.41, 5.74) is 3.66. The molecule has 1 aliphatic heterocycles. The van der Waals surface area contributed by atoms with Crippen LogP contribution in [0.2, 0.25) is 0 Å². The first-order valence-corrected chi connectivity index (χ1v) is 3.43. The minimum atomic E-state index is -4.81. The molecule has 0 aromatic heterocycles. The zero-order chi connectivity index (χ0) is 11.0. The normalized spacial score (nSPS) is 27.9. The fourth-order valence-corrected chi connectivity index (χ4v) is 0.775. The third-order valence-corrected chi connectivity index (χ3v) is 1.53. The fraction of sp³-hybridized carbons (Fsp3) is 0.500. The van der Waals surface area contributed by atoms with E-state index in [4.69, 9.17) is 5.73 Å². The lowest BCUT2D eigenvalue weighted by Crippen LogP contribution is -2.55. The molecule has 0 aromatic carbocycles. The molecule has 1 aliphatic rings. The van der Waals surface area contributed by atoms with E-state index < -0.39 is 23.7 Å². The first-order valence-electron chi connectivity index (χ1n) is 3.43. The van der Waals surface area contributed by atoms with Gasteiger partial charge in [-0.2, -0.15) is 17.6 Å². The lowest BCUT2D eigenvalue weighted by molar-refractivity contribution is -0.0917. The van der Waals surface area contributed by atoms with Crippen molar-refractivity contribution in [2.24, 2.45) is 10.7 Å². The summed E-state index contributed by atoms with van der Waals surface area (Å²) in [5.74, 6) is -3.59. The van der Waals surface area contributed by atoms with Crippen molar-refractivity contribution in [2.45, 2.75) is 12.1 Å². The summed E-state index contributed by atoms with van der Waals surface area (Å²) in [6.07, 6.45) is -4.52. The summed E-state index contributed by atoms with van der Waals surface area (Å²) in [6, 6.07) is 0. The maximum absolute atomic E-state index is 12.8. The van der Waals surface area contributed by atoms with Crippen molar-refractivity contribution in [3.63, 3.8) is 0 Å². The Morgan fingerprint density at radius 2 is 2.14 bits per heavy atom. The average Bonchev–Trinajstić information content (AvgIpc) is 2.01. The number of halogens is 4. The molecule has 1 unspecified atom stereocenters. The third kappa shape index (κ3) is 2.02. The van der Waals surface area contributed by atoms with Crippen molar-refractivity contribution in [1.29, 1.82) is 0 Å². The number of methoxy groups -OCH3 is 1. The van der Waals surface area contributed by atoms with Crippen LogP contribution in [0, 0.1) is 0 Å². The first kappa shape index (κ1) is 10.9. The SMILES string of the molecule is COC1(N)N=CC(C(F)(F)F)=C(F)N1. The summed E-state index contributed by atoms with van der Waals surface area (Å²) in [5, 5.41) is 1.65. The first-order chi connectivity index (χ1) is 6.28. The number of rotatable bonds is 1. The van der Waals surface area contributed by atoms with Gasteiger partial charge < -0.3 is 10.1 Å². The standard InChI is InChI=1S/C6H7F4N3O/c1-14-6(11)12-2-3(4(7)13-6)5(8,9)10/h2,13H,11H2,1H3. The zero-order valence-electron chi connectivity index (χ0n) is 7.02. The number of alkyl halides is 3. The van der Waals surface area contributed by atoms with E-state index in [-0.39, 0.29) is 6.21 Å². The van der Waals surface area contributed by atoms with Gasteiger partial charge >= 0.3 is 6.18 Å². The van der Waals surface area contributed by atoms with Crippen molar-refractivity contribution >= 4 is 6.21 Å². The molecule has 0 saturated carbocycles. The minimum Gasteiger partial charge on any atom is -0.328 e. The van der Waals surface area contributed by atoms with E-state index in [1.54, 1.807) is 5.32 Å². The van der Waals surface area contributed by atoms with E-state index in [9.17, 15) is 17.6 Å². The number of hydrogen-bond acceptors (Lipinski definition) is 4. The summed E-state index contributed by atoms with van der Waals surface area (Å²) >= 11 is 0.